The summed E-state index contributed by atoms with van der Waals surface area (Å²) in [5.74, 6) is 2.43. The largest absolute Gasteiger partial charge is 0.345 e. The van der Waals surface area contributed by atoms with Crippen LogP contribution < -0.4 is 0 Å². The number of hydrogen-bond acceptors (Lipinski definition) is 2. The molecule has 0 unspecified atom stereocenters. The van der Waals surface area contributed by atoms with Crippen LogP contribution in [0, 0.1) is 12.3 Å². The molecular formula is C18H16NO2. The summed E-state index contributed by atoms with van der Waals surface area (Å²) in [4.78, 5) is 24.3. The van der Waals surface area contributed by atoms with Crippen molar-refractivity contribution in [1.82, 2.24) is 4.90 Å². The van der Waals surface area contributed by atoms with Crippen molar-refractivity contribution in [2.45, 2.75) is 0 Å². The number of hydrogen-bond donors (Lipinski definition) is 0. The molecule has 0 saturated heterocycles. The van der Waals surface area contributed by atoms with Crippen LogP contribution >= 0.6 is 0 Å². The van der Waals surface area contributed by atoms with Gasteiger partial charge in [-0.25, -0.2) is 0 Å². The Morgan fingerprint density at radius 1 is 1.29 bits per heavy atom. The first-order chi connectivity index (χ1) is 10.1. The number of carbonyl (C=O) groups excluding carboxylic acids is 2. The zero-order chi connectivity index (χ0) is 15.4. The Morgan fingerprint density at radius 3 is 2.67 bits per heavy atom. The number of likely N-dealkylation sites (N-methyl/N-ethyl adjacent to an activating group) is 1. The molecule has 2 rings (SSSR count). The van der Waals surface area contributed by atoms with Gasteiger partial charge in [-0.05, 0) is 34.5 Å². The number of nitrogens with zero attached hydrogens (tertiary/aromatic N) is 1. The molecule has 0 heterocycles. The van der Waals surface area contributed by atoms with Crippen molar-refractivity contribution < 1.29 is 11.0 Å². The number of fused-ring (bicyclic) bond motifs is 1. The normalized spacial score (nSPS) is 10.5. The van der Waals surface area contributed by atoms with Crippen molar-refractivity contribution in [3.63, 3.8) is 0 Å². The molecule has 0 N–H and O–H groups in total. The number of aldehydes is 1. The third-order valence-electron chi connectivity index (χ3n) is 3.22. The molecule has 0 aromatic heterocycles. The van der Waals surface area contributed by atoms with Gasteiger partial charge in [0.2, 0.25) is 5.91 Å². The lowest BCUT2D eigenvalue weighted by Crippen LogP contribution is -2.18. The summed E-state index contributed by atoms with van der Waals surface area (Å²) in [5, 5.41) is 1.73. The van der Waals surface area contributed by atoms with Gasteiger partial charge in [-0.2, -0.15) is 0 Å². The van der Waals surface area contributed by atoms with E-state index >= 15 is 0 Å². The molecule has 0 atom stereocenters. The number of amides is 1. The van der Waals surface area contributed by atoms with E-state index in [-0.39, 0.29) is 7.33 Å². The van der Waals surface area contributed by atoms with Crippen LogP contribution in [0.4, 0.5) is 0 Å². The second-order valence-corrected chi connectivity index (χ2v) is 4.84. The van der Waals surface area contributed by atoms with Crippen LogP contribution in [0.3, 0.4) is 0 Å². The summed E-state index contributed by atoms with van der Waals surface area (Å²) >= 11 is 0. The molecule has 0 aliphatic heterocycles. The minimum atomic E-state index is -0.0774. The van der Waals surface area contributed by atoms with Gasteiger partial charge >= 0.3 is 0 Å². The number of benzene rings is 2. The molecule has 3 nitrogen and oxygen atoms in total. The standard InChI is InChI=1S/C18H15NO2.H/c1-4-14-7-8-15-11-13(6-10-18(21)19(2)3)5-9-16(15)17(14)12-20;/h1,5-12H,2-3H3;/b10-6+;. The van der Waals surface area contributed by atoms with Crippen molar-refractivity contribution >= 4 is 29.0 Å². The van der Waals surface area contributed by atoms with Crippen LogP contribution in [-0.2, 0) is 4.79 Å². The number of rotatable bonds is 3. The molecule has 0 saturated carbocycles. The Labute approximate surface area is 125 Å². The first kappa shape index (κ1) is 14.5. The molecule has 0 aliphatic rings. The molecule has 1 radical (unpaired) electrons. The maximum Gasteiger partial charge on any atom is 0.246 e. The lowest BCUT2D eigenvalue weighted by molar-refractivity contribution is -0.123. The van der Waals surface area contributed by atoms with Gasteiger partial charge in [0.25, 0.3) is 0 Å². The van der Waals surface area contributed by atoms with E-state index in [1.165, 1.54) is 11.0 Å². The first-order valence-electron chi connectivity index (χ1n) is 6.44. The third kappa shape index (κ3) is 3.01. The topological polar surface area (TPSA) is 37.4 Å². The molecule has 0 fully saturated rings. The second kappa shape index (κ2) is 6.06. The fourth-order valence-electron chi connectivity index (χ4n) is 2.05. The number of terminal acetylenes is 1. The van der Waals surface area contributed by atoms with Crippen LogP contribution in [0.5, 0.6) is 0 Å². The van der Waals surface area contributed by atoms with Crippen LogP contribution in [0.2, 0.25) is 0 Å². The molecule has 0 spiro atoms. The maximum absolute atomic E-state index is 11.5. The van der Waals surface area contributed by atoms with Crippen LogP contribution in [-0.4, -0.2) is 31.2 Å². The maximum atomic E-state index is 11.5. The summed E-state index contributed by atoms with van der Waals surface area (Å²) in [7, 11) is 3.40. The van der Waals surface area contributed by atoms with Crippen LogP contribution in [0.1, 0.15) is 22.9 Å². The predicted octanol–water partition coefficient (Wildman–Crippen LogP) is 2.85. The quantitative estimate of drug-likeness (QED) is 0.492. The third-order valence-corrected chi connectivity index (χ3v) is 3.22. The van der Waals surface area contributed by atoms with E-state index < -0.39 is 0 Å². The minimum absolute atomic E-state index is 0. The van der Waals surface area contributed by atoms with Gasteiger partial charge in [0.1, 0.15) is 0 Å². The van der Waals surface area contributed by atoms with Gasteiger partial charge < -0.3 is 4.90 Å². The van der Waals surface area contributed by atoms with Crippen molar-refractivity contribution in [2.75, 3.05) is 14.1 Å². The predicted molar refractivity (Wildman–Crippen MR) is 86.1 cm³/mol. The first-order valence-corrected chi connectivity index (χ1v) is 6.44. The molecule has 105 valence electrons. The van der Waals surface area contributed by atoms with E-state index in [4.69, 9.17) is 6.42 Å². The van der Waals surface area contributed by atoms with E-state index in [9.17, 15) is 9.59 Å². The fourth-order valence-corrected chi connectivity index (χ4v) is 2.05. The molecule has 1 amide bonds. The molecule has 0 aliphatic carbocycles. The number of carbonyl (C=O) groups is 2. The summed E-state index contributed by atoms with van der Waals surface area (Å²) < 4.78 is 0. The minimum Gasteiger partial charge on any atom is -0.345 e. The smallest absolute Gasteiger partial charge is 0.246 e. The van der Waals surface area contributed by atoms with Gasteiger partial charge in [0.05, 0.1) is 0 Å². The summed E-state index contributed by atoms with van der Waals surface area (Å²) in [6.45, 7) is 0. The zero-order valence-corrected chi connectivity index (χ0v) is 12.0. The highest BCUT2D eigenvalue weighted by Gasteiger charge is 2.05. The average Bonchev–Trinajstić information content (AvgIpc) is 2.50. The lowest BCUT2D eigenvalue weighted by atomic mass is 9.98. The SMILES string of the molecule is C#Cc1ccc2cc(/C=C/C(=O)N(C)C)ccc2c1C=O.[H]. The molecule has 2 aromatic carbocycles. The van der Waals surface area contributed by atoms with Gasteiger partial charge in [0.15, 0.2) is 6.29 Å². The van der Waals surface area contributed by atoms with E-state index in [2.05, 4.69) is 5.92 Å². The van der Waals surface area contributed by atoms with Crippen LogP contribution in [0.25, 0.3) is 16.8 Å². The Balaban J connectivity index is 0.00000242. The Hall–Kier alpha value is -2.86. The van der Waals surface area contributed by atoms with Crippen molar-refractivity contribution in [1.29, 1.82) is 0 Å². The molecule has 0 bridgehead atoms. The second-order valence-electron chi connectivity index (χ2n) is 4.84. The zero-order valence-electron chi connectivity index (χ0n) is 13.0. The molecule has 3 heteroatoms. The van der Waals surface area contributed by atoms with Crippen LogP contribution in [0.15, 0.2) is 36.4 Å². The molecule has 2 aromatic rings. The summed E-state index contributed by atoms with van der Waals surface area (Å²) in [5.41, 5.74) is 2.00. The highest BCUT2D eigenvalue weighted by molar-refractivity contribution is 6.01. The van der Waals surface area contributed by atoms with Crippen molar-refractivity contribution in [3.8, 4) is 12.3 Å². The van der Waals surface area contributed by atoms with Gasteiger partial charge in [0, 0.05) is 32.7 Å². The van der Waals surface area contributed by atoms with Crippen molar-refractivity contribution in [2.24, 2.45) is 0 Å². The Kier molecular flexibility index (Phi) is 4.20. The highest BCUT2D eigenvalue weighted by atomic mass is 16.2. The van der Waals surface area contributed by atoms with E-state index in [0.29, 0.717) is 11.1 Å². The van der Waals surface area contributed by atoms with Gasteiger partial charge in [-0.15, -0.1) is 6.42 Å². The average molecular weight is 278 g/mol. The Morgan fingerprint density at radius 2 is 2.05 bits per heavy atom. The molecular weight excluding hydrogens is 262 g/mol. The van der Waals surface area contributed by atoms with Crippen molar-refractivity contribution in [3.05, 3.63) is 53.1 Å². The Bertz CT molecular complexity index is 786. The van der Waals surface area contributed by atoms with E-state index in [0.717, 1.165) is 22.6 Å². The van der Waals surface area contributed by atoms with Gasteiger partial charge in [-0.3, -0.25) is 9.59 Å². The molecule has 21 heavy (non-hydrogen) atoms. The van der Waals surface area contributed by atoms with E-state index in [1.54, 1.807) is 26.2 Å². The van der Waals surface area contributed by atoms with Gasteiger partial charge in [-0.1, -0.05) is 24.1 Å². The fraction of sp³-hybridized carbons (Fsp3) is 0.111. The highest BCUT2D eigenvalue weighted by Crippen LogP contribution is 2.22. The monoisotopic (exact) mass is 278 g/mol. The lowest BCUT2D eigenvalue weighted by Gasteiger charge is -2.06. The summed E-state index contributed by atoms with van der Waals surface area (Å²) in [6, 6.07) is 9.25. The van der Waals surface area contributed by atoms with E-state index in [1.807, 2.05) is 24.3 Å². The summed E-state index contributed by atoms with van der Waals surface area (Å²) in [6.07, 6.45) is 9.43.